The second-order valence-corrected chi connectivity index (χ2v) is 6.50. The molecule has 2 aromatic heterocycles. The second kappa shape index (κ2) is 8.03. The Hall–Kier alpha value is -3.49. The zero-order valence-corrected chi connectivity index (χ0v) is 16.0. The zero-order chi connectivity index (χ0) is 20.3. The highest BCUT2D eigenvalue weighted by molar-refractivity contribution is 5.92. The van der Waals surface area contributed by atoms with Crippen LogP contribution in [-0.2, 0) is 6.67 Å². The van der Waals surface area contributed by atoms with Crippen molar-refractivity contribution in [2.24, 2.45) is 0 Å². The van der Waals surface area contributed by atoms with E-state index in [1.165, 1.54) is 9.36 Å². The van der Waals surface area contributed by atoms with Crippen LogP contribution in [-0.4, -0.2) is 30.4 Å². The van der Waals surface area contributed by atoms with Gasteiger partial charge in [0.05, 0.1) is 11.0 Å². The standard InChI is InChI=1S/C19H22N6O3/c1-4-16(15-8-6-5-7-9-15)20-19(26)17-10-11-23(22-17)12-24-14(3)18(25(27)28)13(2)21-24/h5-11,16H,4,12H2,1-3H3,(H,20,26). The number of nitro groups is 1. The van der Waals surface area contributed by atoms with E-state index in [4.69, 9.17) is 0 Å². The molecule has 0 saturated heterocycles. The number of hydrogen-bond donors (Lipinski definition) is 1. The van der Waals surface area contributed by atoms with Crippen LogP contribution in [0.1, 0.15) is 46.8 Å². The Morgan fingerprint density at radius 2 is 1.93 bits per heavy atom. The van der Waals surface area contributed by atoms with Crippen LogP contribution >= 0.6 is 0 Å². The SMILES string of the molecule is CCC(NC(=O)c1ccn(Cn2nc(C)c([N+](=O)[O-])c2C)n1)c1ccccc1. The minimum absolute atomic E-state index is 0.00114. The minimum Gasteiger partial charge on any atom is -0.344 e. The van der Waals surface area contributed by atoms with E-state index >= 15 is 0 Å². The molecule has 1 atom stereocenters. The molecule has 2 heterocycles. The number of hydrogen-bond acceptors (Lipinski definition) is 5. The van der Waals surface area contributed by atoms with Gasteiger partial charge in [0.15, 0.2) is 0 Å². The zero-order valence-electron chi connectivity index (χ0n) is 16.0. The van der Waals surface area contributed by atoms with Crippen LogP contribution in [0.4, 0.5) is 5.69 Å². The molecule has 1 amide bonds. The number of amides is 1. The number of benzene rings is 1. The quantitative estimate of drug-likeness (QED) is 0.499. The van der Waals surface area contributed by atoms with Gasteiger partial charge in [-0.2, -0.15) is 10.2 Å². The van der Waals surface area contributed by atoms with Gasteiger partial charge in [-0.15, -0.1) is 0 Å². The summed E-state index contributed by atoms with van der Waals surface area (Å²) in [5, 5.41) is 22.6. The molecule has 3 aromatic rings. The van der Waals surface area contributed by atoms with E-state index < -0.39 is 4.92 Å². The van der Waals surface area contributed by atoms with Crippen LogP contribution in [0.15, 0.2) is 42.6 Å². The fourth-order valence-electron chi connectivity index (χ4n) is 3.13. The van der Waals surface area contributed by atoms with Crippen LogP contribution in [0, 0.1) is 24.0 Å². The first-order valence-electron chi connectivity index (χ1n) is 8.98. The lowest BCUT2D eigenvalue weighted by Gasteiger charge is -2.16. The molecule has 0 saturated carbocycles. The largest absolute Gasteiger partial charge is 0.344 e. The maximum atomic E-state index is 12.6. The first kappa shape index (κ1) is 19.3. The number of nitrogens with zero attached hydrogens (tertiary/aromatic N) is 5. The molecular formula is C19H22N6O3. The summed E-state index contributed by atoms with van der Waals surface area (Å²) in [4.78, 5) is 23.3. The molecule has 1 aromatic carbocycles. The van der Waals surface area contributed by atoms with Gasteiger partial charge in [-0.05, 0) is 31.9 Å². The molecule has 1 unspecified atom stereocenters. The molecule has 9 heteroatoms. The van der Waals surface area contributed by atoms with Gasteiger partial charge in [-0.3, -0.25) is 19.6 Å². The molecule has 0 aliphatic heterocycles. The summed E-state index contributed by atoms with van der Waals surface area (Å²) in [5.74, 6) is -0.270. The number of carbonyl (C=O) groups is 1. The lowest BCUT2D eigenvalue weighted by Crippen LogP contribution is -2.28. The molecule has 0 bridgehead atoms. The van der Waals surface area contributed by atoms with Crippen LogP contribution in [0.3, 0.4) is 0 Å². The summed E-state index contributed by atoms with van der Waals surface area (Å²) < 4.78 is 3.03. The Kier molecular flexibility index (Phi) is 5.53. The first-order chi connectivity index (χ1) is 13.4. The molecule has 9 nitrogen and oxygen atoms in total. The van der Waals surface area contributed by atoms with Crippen molar-refractivity contribution in [3.8, 4) is 0 Å². The Balaban J connectivity index is 1.73. The monoisotopic (exact) mass is 382 g/mol. The van der Waals surface area contributed by atoms with Crippen LogP contribution < -0.4 is 5.32 Å². The van der Waals surface area contributed by atoms with Crippen molar-refractivity contribution in [3.05, 3.63) is 75.4 Å². The number of aryl methyl sites for hydroxylation is 1. The number of aromatic nitrogens is 4. The first-order valence-corrected chi connectivity index (χ1v) is 8.98. The smallest absolute Gasteiger partial charge is 0.312 e. The summed E-state index contributed by atoms with van der Waals surface area (Å²) in [5.41, 5.74) is 2.11. The maximum Gasteiger partial charge on any atom is 0.312 e. The molecule has 0 fully saturated rings. The van der Waals surface area contributed by atoms with Crippen molar-refractivity contribution < 1.29 is 9.72 Å². The normalized spacial score (nSPS) is 12.0. The highest BCUT2D eigenvalue weighted by Gasteiger charge is 2.22. The van der Waals surface area contributed by atoms with Gasteiger partial charge >= 0.3 is 5.69 Å². The number of carbonyl (C=O) groups excluding carboxylic acids is 1. The highest BCUT2D eigenvalue weighted by atomic mass is 16.6. The number of nitrogens with one attached hydrogen (secondary N) is 1. The minimum atomic E-state index is -0.440. The van der Waals surface area contributed by atoms with E-state index in [0.717, 1.165) is 12.0 Å². The van der Waals surface area contributed by atoms with Gasteiger partial charge < -0.3 is 5.32 Å². The van der Waals surface area contributed by atoms with E-state index in [-0.39, 0.29) is 30.0 Å². The average Bonchev–Trinajstić information content (AvgIpc) is 3.25. The Morgan fingerprint density at radius 1 is 1.21 bits per heavy atom. The van der Waals surface area contributed by atoms with Gasteiger partial charge in [0.25, 0.3) is 5.91 Å². The molecule has 0 aliphatic carbocycles. The predicted octanol–water partition coefficient (Wildman–Crippen LogP) is 2.99. The Morgan fingerprint density at radius 3 is 2.54 bits per heavy atom. The number of rotatable bonds is 7. The van der Waals surface area contributed by atoms with E-state index in [1.807, 2.05) is 37.3 Å². The van der Waals surface area contributed by atoms with E-state index in [2.05, 4.69) is 15.5 Å². The molecule has 0 radical (unpaired) electrons. The lowest BCUT2D eigenvalue weighted by molar-refractivity contribution is -0.386. The van der Waals surface area contributed by atoms with Crippen molar-refractivity contribution in [3.63, 3.8) is 0 Å². The van der Waals surface area contributed by atoms with Crippen LogP contribution in [0.5, 0.6) is 0 Å². The molecule has 1 N–H and O–H groups in total. The van der Waals surface area contributed by atoms with Gasteiger partial charge in [-0.25, -0.2) is 4.68 Å². The Bertz CT molecular complexity index is 993. The second-order valence-electron chi connectivity index (χ2n) is 6.50. The fourth-order valence-corrected chi connectivity index (χ4v) is 3.13. The maximum absolute atomic E-state index is 12.6. The van der Waals surface area contributed by atoms with E-state index in [9.17, 15) is 14.9 Å². The summed E-state index contributed by atoms with van der Waals surface area (Å²) in [6, 6.07) is 11.3. The van der Waals surface area contributed by atoms with Crippen molar-refractivity contribution >= 4 is 11.6 Å². The van der Waals surface area contributed by atoms with Crippen molar-refractivity contribution in [2.75, 3.05) is 0 Å². The van der Waals surface area contributed by atoms with Crippen molar-refractivity contribution in [2.45, 2.75) is 39.9 Å². The third-order valence-electron chi connectivity index (χ3n) is 4.59. The van der Waals surface area contributed by atoms with Gasteiger partial charge in [0.2, 0.25) is 0 Å². The summed E-state index contributed by atoms with van der Waals surface area (Å²) in [6.45, 7) is 5.43. The topological polar surface area (TPSA) is 108 Å². The van der Waals surface area contributed by atoms with Crippen molar-refractivity contribution in [1.82, 2.24) is 24.9 Å². The molecule has 0 aliphatic rings. The summed E-state index contributed by atoms with van der Waals surface area (Å²) in [6.07, 6.45) is 2.41. The summed E-state index contributed by atoms with van der Waals surface area (Å²) in [7, 11) is 0. The van der Waals surface area contributed by atoms with Gasteiger partial charge in [0, 0.05) is 6.20 Å². The van der Waals surface area contributed by atoms with Gasteiger partial charge in [0.1, 0.15) is 23.8 Å². The van der Waals surface area contributed by atoms with E-state index in [0.29, 0.717) is 11.4 Å². The lowest BCUT2D eigenvalue weighted by atomic mass is 10.0. The third-order valence-corrected chi connectivity index (χ3v) is 4.59. The molecule has 28 heavy (non-hydrogen) atoms. The van der Waals surface area contributed by atoms with Crippen LogP contribution in [0.25, 0.3) is 0 Å². The summed E-state index contributed by atoms with van der Waals surface area (Å²) >= 11 is 0. The molecule has 0 spiro atoms. The molecule has 146 valence electrons. The Labute approximate surface area is 162 Å². The predicted molar refractivity (Wildman–Crippen MR) is 103 cm³/mol. The molecule has 3 rings (SSSR count). The van der Waals surface area contributed by atoms with Gasteiger partial charge in [-0.1, -0.05) is 37.3 Å². The van der Waals surface area contributed by atoms with Crippen molar-refractivity contribution in [1.29, 1.82) is 0 Å². The fraction of sp³-hybridized carbons (Fsp3) is 0.316. The van der Waals surface area contributed by atoms with E-state index in [1.54, 1.807) is 26.1 Å². The van der Waals surface area contributed by atoms with Crippen LogP contribution in [0.2, 0.25) is 0 Å². The average molecular weight is 382 g/mol. The third kappa shape index (κ3) is 3.93. The highest BCUT2D eigenvalue weighted by Crippen LogP contribution is 2.21. The molecular weight excluding hydrogens is 360 g/mol.